The molecule has 3 heterocycles. The van der Waals surface area contributed by atoms with E-state index in [-0.39, 0.29) is 30.1 Å². The number of para-hydroxylation sites is 2. The Morgan fingerprint density at radius 1 is 0.971 bits per heavy atom. The minimum Gasteiger partial charge on any atom is -0.357 e. The Kier molecular flexibility index (Phi) is 7.66. The molecule has 0 aliphatic carbocycles. The van der Waals surface area contributed by atoms with Gasteiger partial charge in [-0.15, -0.1) is 0 Å². The zero-order valence-electron chi connectivity index (χ0n) is 20.5. The van der Waals surface area contributed by atoms with Crippen LogP contribution in [0.4, 0.5) is 17.2 Å². The summed E-state index contributed by atoms with van der Waals surface area (Å²) in [6, 6.07) is 13.8. The molecule has 8 heteroatoms. The molecule has 35 heavy (non-hydrogen) atoms. The molecule has 0 saturated carbocycles. The van der Waals surface area contributed by atoms with Crippen LogP contribution in [0.3, 0.4) is 0 Å². The van der Waals surface area contributed by atoms with E-state index in [0.717, 1.165) is 35.8 Å². The summed E-state index contributed by atoms with van der Waals surface area (Å²) in [5.41, 5.74) is 2.83. The summed E-state index contributed by atoms with van der Waals surface area (Å²) >= 11 is 0. The average Bonchev–Trinajstić information content (AvgIpc) is 3.06. The predicted octanol–water partition coefficient (Wildman–Crippen LogP) is 3.75. The molecule has 2 aliphatic heterocycles. The quantitative estimate of drug-likeness (QED) is 0.485. The Morgan fingerprint density at radius 3 is 2.20 bits per heavy atom. The fraction of sp³-hybridized carbons (Fsp3) is 0.407. The van der Waals surface area contributed by atoms with E-state index < -0.39 is 0 Å². The second-order valence-corrected chi connectivity index (χ2v) is 9.04. The van der Waals surface area contributed by atoms with Crippen molar-refractivity contribution in [3.05, 3.63) is 59.6 Å². The first-order valence-electron chi connectivity index (χ1n) is 12.2. The van der Waals surface area contributed by atoms with E-state index in [9.17, 15) is 14.9 Å². The van der Waals surface area contributed by atoms with E-state index in [1.807, 2.05) is 60.3 Å². The summed E-state index contributed by atoms with van der Waals surface area (Å²) in [7, 11) is 3.67. The van der Waals surface area contributed by atoms with Gasteiger partial charge in [-0.05, 0) is 36.6 Å². The Morgan fingerprint density at radius 2 is 1.63 bits per heavy atom. The summed E-state index contributed by atoms with van der Waals surface area (Å²) < 4.78 is 0. The van der Waals surface area contributed by atoms with Crippen molar-refractivity contribution < 1.29 is 9.59 Å². The van der Waals surface area contributed by atoms with Gasteiger partial charge >= 0.3 is 0 Å². The van der Waals surface area contributed by atoms with E-state index in [4.69, 9.17) is 0 Å². The molecule has 0 unspecified atom stereocenters. The second-order valence-electron chi connectivity index (χ2n) is 9.04. The molecule has 8 nitrogen and oxygen atoms in total. The number of amides is 1. The van der Waals surface area contributed by atoms with Crippen molar-refractivity contribution in [1.29, 1.82) is 5.26 Å². The third-order valence-corrected chi connectivity index (χ3v) is 6.66. The van der Waals surface area contributed by atoms with Gasteiger partial charge in [-0.1, -0.05) is 31.0 Å². The maximum absolute atomic E-state index is 12.9. The van der Waals surface area contributed by atoms with Crippen molar-refractivity contribution in [1.82, 2.24) is 10.3 Å². The largest absolute Gasteiger partial charge is 0.357 e. The number of nitrogens with one attached hydrogen (secondary N) is 1. The van der Waals surface area contributed by atoms with Crippen molar-refractivity contribution in [3.8, 4) is 6.07 Å². The van der Waals surface area contributed by atoms with Gasteiger partial charge in [-0.2, -0.15) is 5.26 Å². The van der Waals surface area contributed by atoms with Gasteiger partial charge in [0, 0.05) is 52.8 Å². The SMILES string of the molecule is CN1C(=C(C#N)C(=O)CCC(=O)NCc2ccc(N3CCCCCC3)nc2)N(C)c2ccccc21. The van der Waals surface area contributed by atoms with E-state index in [0.29, 0.717) is 12.4 Å². The first kappa shape index (κ1) is 24.3. The van der Waals surface area contributed by atoms with Gasteiger partial charge in [-0.25, -0.2) is 4.98 Å². The number of allylic oxidation sites excluding steroid dienone is 1. The van der Waals surface area contributed by atoms with Crippen LogP contribution in [-0.2, 0) is 16.1 Å². The lowest BCUT2D eigenvalue weighted by Crippen LogP contribution is -2.27. The number of fused-ring (bicyclic) bond motifs is 1. The van der Waals surface area contributed by atoms with Crippen LogP contribution in [0, 0.1) is 11.3 Å². The molecule has 0 spiro atoms. The lowest BCUT2D eigenvalue weighted by atomic mass is 10.1. The first-order chi connectivity index (χ1) is 17.0. The van der Waals surface area contributed by atoms with Crippen LogP contribution in [0.15, 0.2) is 54.0 Å². The van der Waals surface area contributed by atoms with Gasteiger partial charge in [0.1, 0.15) is 23.3 Å². The third-order valence-electron chi connectivity index (χ3n) is 6.66. The van der Waals surface area contributed by atoms with Crippen LogP contribution in [0.1, 0.15) is 44.1 Å². The van der Waals surface area contributed by atoms with E-state index >= 15 is 0 Å². The number of Topliss-reactive ketones (excluding diaryl/α,β-unsaturated/α-hetero) is 1. The smallest absolute Gasteiger partial charge is 0.220 e. The highest BCUT2D eigenvalue weighted by Crippen LogP contribution is 2.40. The lowest BCUT2D eigenvalue weighted by Gasteiger charge is -2.21. The number of aromatic nitrogens is 1. The molecular formula is C27H32N6O2. The van der Waals surface area contributed by atoms with Gasteiger partial charge < -0.3 is 20.0 Å². The average molecular weight is 473 g/mol. The molecule has 1 N–H and O–H groups in total. The number of rotatable bonds is 7. The van der Waals surface area contributed by atoms with Crippen LogP contribution >= 0.6 is 0 Å². The summed E-state index contributed by atoms with van der Waals surface area (Å²) in [5, 5.41) is 12.6. The fourth-order valence-electron chi connectivity index (χ4n) is 4.71. The second kappa shape index (κ2) is 11.0. The summed E-state index contributed by atoms with van der Waals surface area (Å²) in [6.45, 7) is 2.43. The normalized spacial score (nSPS) is 15.3. The zero-order valence-corrected chi connectivity index (χ0v) is 20.5. The highest BCUT2D eigenvalue weighted by Gasteiger charge is 2.31. The van der Waals surface area contributed by atoms with Crippen LogP contribution in [0.5, 0.6) is 0 Å². The monoisotopic (exact) mass is 472 g/mol. The molecule has 182 valence electrons. The van der Waals surface area contributed by atoms with Gasteiger partial charge in [0.2, 0.25) is 5.91 Å². The fourth-order valence-corrected chi connectivity index (χ4v) is 4.71. The molecule has 0 atom stereocenters. The Hall–Kier alpha value is -3.86. The molecule has 1 fully saturated rings. The number of carbonyl (C=O) groups excluding carboxylic acids is 2. The van der Waals surface area contributed by atoms with E-state index in [2.05, 4.69) is 21.3 Å². The van der Waals surface area contributed by atoms with Crippen molar-refractivity contribution in [2.45, 2.75) is 45.1 Å². The highest BCUT2D eigenvalue weighted by molar-refractivity contribution is 6.03. The number of nitriles is 1. The Labute approximate surface area is 206 Å². The molecule has 2 aliphatic rings. The number of ketones is 1. The maximum atomic E-state index is 12.9. The lowest BCUT2D eigenvalue weighted by molar-refractivity contribution is -0.124. The maximum Gasteiger partial charge on any atom is 0.220 e. The number of benzene rings is 1. The summed E-state index contributed by atoms with van der Waals surface area (Å²) in [5.74, 6) is 0.949. The Balaban J connectivity index is 1.30. The summed E-state index contributed by atoms with van der Waals surface area (Å²) in [4.78, 5) is 35.8. The molecule has 4 rings (SSSR count). The number of pyridine rings is 1. The number of carbonyl (C=O) groups is 2. The number of hydrogen-bond donors (Lipinski definition) is 1. The topological polar surface area (TPSA) is 92.6 Å². The molecular weight excluding hydrogens is 440 g/mol. The van der Waals surface area contributed by atoms with E-state index in [1.165, 1.54) is 25.7 Å². The minimum atomic E-state index is -0.340. The molecule has 1 aromatic carbocycles. The molecule has 1 saturated heterocycles. The van der Waals surface area contributed by atoms with Gasteiger partial charge in [0.15, 0.2) is 5.78 Å². The molecule has 0 radical (unpaired) electrons. The molecule has 0 bridgehead atoms. The van der Waals surface area contributed by atoms with Crippen LogP contribution in [-0.4, -0.2) is 43.9 Å². The Bertz CT molecular complexity index is 1110. The highest BCUT2D eigenvalue weighted by atomic mass is 16.2. The van der Waals surface area contributed by atoms with E-state index in [1.54, 1.807) is 6.20 Å². The van der Waals surface area contributed by atoms with Crippen molar-refractivity contribution in [2.75, 3.05) is 41.9 Å². The standard InChI is InChI=1S/C27H32N6O2/c1-31-22-9-5-6-10-23(22)32(2)27(31)21(17-28)24(34)12-14-26(35)30-19-20-11-13-25(29-18-20)33-15-7-3-4-8-16-33/h5-6,9-11,13,18H,3-4,7-8,12,14-16,19H2,1-2H3,(H,30,35). The van der Waals surface area contributed by atoms with Crippen molar-refractivity contribution in [3.63, 3.8) is 0 Å². The molecule has 2 aromatic rings. The van der Waals surface area contributed by atoms with Gasteiger partial charge in [0.25, 0.3) is 0 Å². The zero-order chi connectivity index (χ0) is 24.8. The third kappa shape index (κ3) is 5.46. The number of hydrogen-bond acceptors (Lipinski definition) is 7. The summed E-state index contributed by atoms with van der Waals surface area (Å²) in [6.07, 6.45) is 6.74. The van der Waals surface area contributed by atoms with Crippen LogP contribution in [0.2, 0.25) is 0 Å². The number of anilines is 3. The number of nitrogens with zero attached hydrogens (tertiary/aromatic N) is 5. The van der Waals surface area contributed by atoms with Crippen molar-refractivity contribution in [2.24, 2.45) is 0 Å². The van der Waals surface area contributed by atoms with Crippen LogP contribution in [0.25, 0.3) is 0 Å². The van der Waals surface area contributed by atoms with Gasteiger partial charge in [0.05, 0.1) is 11.4 Å². The van der Waals surface area contributed by atoms with Gasteiger partial charge in [-0.3, -0.25) is 9.59 Å². The molecule has 1 aromatic heterocycles. The predicted molar refractivity (Wildman–Crippen MR) is 137 cm³/mol. The van der Waals surface area contributed by atoms with Crippen molar-refractivity contribution >= 4 is 28.9 Å². The molecule has 1 amide bonds. The first-order valence-corrected chi connectivity index (χ1v) is 12.2. The van der Waals surface area contributed by atoms with Crippen LogP contribution < -0.4 is 20.0 Å². The minimum absolute atomic E-state index is 0.0248.